The van der Waals surface area contributed by atoms with E-state index in [1.165, 1.54) is 34.6 Å². The molecule has 36 heavy (non-hydrogen) atoms. The second-order valence-corrected chi connectivity index (χ2v) is 9.09. The minimum absolute atomic E-state index is 0.142. The standard InChI is InChI=1S/C24H18ClN5O5S/c1-3-20(31)28-17-7-5-4-6-15(17)21-22(32)26-24(36-2)27-29(21)23(28)19-11-10-18(35-19)14-9-8-13(30(33)34)12-16(14)25/h4-12,23H,3H2,1-2H3/p+1. The maximum Gasteiger partial charge on any atom is 0.325 e. The number of nitro groups is 1. The van der Waals surface area contributed by atoms with Gasteiger partial charge >= 0.3 is 17.4 Å². The van der Waals surface area contributed by atoms with Crippen molar-refractivity contribution in [2.75, 3.05) is 11.2 Å². The number of nitrogens with zero attached hydrogens (tertiary/aromatic N) is 4. The lowest BCUT2D eigenvalue weighted by molar-refractivity contribution is -0.764. The van der Waals surface area contributed by atoms with Crippen molar-refractivity contribution in [3.63, 3.8) is 0 Å². The first-order valence-electron chi connectivity index (χ1n) is 10.9. The predicted molar refractivity (Wildman–Crippen MR) is 134 cm³/mol. The van der Waals surface area contributed by atoms with E-state index < -0.39 is 11.1 Å². The van der Waals surface area contributed by atoms with E-state index in [1.807, 2.05) is 0 Å². The highest BCUT2D eigenvalue weighted by Crippen LogP contribution is 2.40. The number of carbonyl (C=O) groups excluding carboxylic acids is 1. The first kappa shape index (κ1) is 23.8. The second kappa shape index (κ2) is 9.25. The number of aromatic nitrogens is 3. The van der Waals surface area contributed by atoms with Crippen LogP contribution < -0.4 is 15.1 Å². The molecule has 1 atom stereocenters. The van der Waals surface area contributed by atoms with Gasteiger partial charge in [-0.15, -0.1) is 0 Å². The molecule has 0 aliphatic carbocycles. The highest BCUT2D eigenvalue weighted by molar-refractivity contribution is 7.98. The molecule has 1 unspecified atom stereocenters. The average Bonchev–Trinajstić information content (AvgIpc) is 3.36. The van der Waals surface area contributed by atoms with Gasteiger partial charge in [0.15, 0.2) is 5.76 Å². The summed E-state index contributed by atoms with van der Waals surface area (Å²) in [5.74, 6) is 0.501. The van der Waals surface area contributed by atoms with Crippen LogP contribution >= 0.6 is 23.4 Å². The Morgan fingerprint density at radius 3 is 2.72 bits per heavy atom. The van der Waals surface area contributed by atoms with Crippen LogP contribution in [0.5, 0.6) is 0 Å². The fraction of sp³-hybridized carbons (Fsp3) is 0.167. The Bertz CT molecular complexity index is 1580. The van der Waals surface area contributed by atoms with E-state index in [0.29, 0.717) is 39.2 Å². The average molecular weight is 525 g/mol. The number of thioether (sulfide) groups is 1. The van der Waals surface area contributed by atoms with E-state index in [9.17, 15) is 19.7 Å². The third-order valence-electron chi connectivity index (χ3n) is 5.83. The first-order chi connectivity index (χ1) is 17.3. The number of para-hydroxylation sites is 1. The number of nitrogens with one attached hydrogen (secondary N) is 1. The van der Waals surface area contributed by atoms with Crippen molar-refractivity contribution in [1.82, 2.24) is 10.1 Å². The van der Waals surface area contributed by atoms with Crippen LogP contribution in [0.2, 0.25) is 5.02 Å². The highest BCUT2D eigenvalue weighted by Gasteiger charge is 2.47. The van der Waals surface area contributed by atoms with Crippen LogP contribution in [0.1, 0.15) is 25.3 Å². The van der Waals surface area contributed by atoms with Crippen LogP contribution in [0, 0.1) is 10.1 Å². The lowest BCUT2D eigenvalue weighted by Crippen LogP contribution is -2.60. The molecule has 0 spiro atoms. The number of hydrogen-bond donors (Lipinski definition) is 1. The number of anilines is 1. The number of nitro benzene ring substituents is 1. The number of H-pyrrole nitrogens is 1. The molecule has 5 rings (SSSR count). The Hall–Kier alpha value is -3.96. The van der Waals surface area contributed by atoms with Gasteiger partial charge in [0.1, 0.15) is 5.76 Å². The number of furan rings is 1. The molecular weight excluding hydrogens is 506 g/mol. The quantitative estimate of drug-likeness (QED) is 0.175. The molecule has 0 radical (unpaired) electrons. The smallest absolute Gasteiger partial charge is 0.325 e. The normalized spacial score (nSPS) is 14.3. The summed E-state index contributed by atoms with van der Waals surface area (Å²) >= 11 is 7.58. The third-order valence-corrected chi connectivity index (χ3v) is 6.72. The van der Waals surface area contributed by atoms with Crippen LogP contribution in [-0.2, 0) is 4.79 Å². The van der Waals surface area contributed by atoms with Crippen molar-refractivity contribution in [2.24, 2.45) is 0 Å². The summed E-state index contributed by atoms with van der Waals surface area (Å²) in [6.07, 6.45) is 1.11. The molecule has 2 aromatic carbocycles. The van der Waals surface area contributed by atoms with Crippen LogP contribution in [0.15, 0.2) is 69.0 Å². The largest absolute Gasteiger partial charge is 0.452 e. The summed E-state index contributed by atoms with van der Waals surface area (Å²) in [7, 11) is 0. The summed E-state index contributed by atoms with van der Waals surface area (Å²) < 4.78 is 7.67. The zero-order valence-electron chi connectivity index (χ0n) is 19.1. The van der Waals surface area contributed by atoms with E-state index in [4.69, 9.17) is 16.0 Å². The molecule has 3 heterocycles. The van der Waals surface area contributed by atoms with Gasteiger partial charge in [0.05, 0.1) is 21.2 Å². The molecule has 1 aliphatic heterocycles. The molecule has 1 N–H and O–H groups in total. The first-order valence-corrected chi connectivity index (χ1v) is 12.5. The Balaban J connectivity index is 1.72. The SMILES string of the molecule is CCC(=O)N1c2ccccc2-c2c(=O)[nH]c(SC)n[n+]2C1c1ccc(-c2ccc([N+](=O)[O-])cc2Cl)o1. The van der Waals surface area contributed by atoms with Gasteiger partial charge < -0.3 is 4.42 Å². The van der Waals surface area contributed by atoms with Crippen molar-refractivity contribution in [3.05, 3.63) is 85.8 Å². The molecule has 1 amide bonds. The van der Waals surface area contributed by atoms with E-state index in [1.54, 1.807) is 54.5 Å². The summed E-state index contributed by atoms with van der Waals surface area (Å²) in [6.45, 7) is 1.75. The van der Waals surface area contributed by atoms with Crippen LogP contribution in [-0.4, -0.2) is 27.2 Å². The van der Waals surface area contributed by atoms with Crippen molar-refractivity contribution in [3.8, 4) is 22.6 Å². The van der Waals surface area contributed by atoms with Crippen LogP contribution in [0.25, 0.3) is 22.6 Å². The molecule has 12 heteroatoms. The number of hydrogen-bond acceptors (Lipinski definition) is 7. The summed E-state index contributed by atoms with van der Waals surface area (Å²) in [6, 6.07) is 14.6. The molecule has 1 aliphatic rings. The number of fused-ring (bicyclic) bond motifs is 3. The minimum Gasteiger partial charge on any atom is -0.452 e. The molecule has 2 aromatic heterocycles. The van der Waals surface area contributed by atoms with Crippen molar-refractivity contribution < 1.29 is 18.8 Å². The van der Waals surface area contributed by atoms with E-state index in [-0.39, 0.29) is 28.6 Å². The molecule has 4 aromatic rings. The van der Waals surface area contributed by atoms with E-state index in [0.717, 1.165) is 0 Å². The number of amides is 1. The fourth-order valence-corrected chi connectivity index (χ4v) is 4.85. The maximum atomic E-state index is 13.3. The lowest BCUT2D eigenvalue weighted by atomic mass is 10.0. The van der Waals surface area contributed by atoms with Gasteiger partial charge in [-0.2, -0.15) is 0 Å². The number of rotatable bonds is 5. The molecule has 10 nitrogen and oxygen atoms in total. The zero-order chi connectivity index (χ0) is 25.6. The van der Waals surface area contributed by atoms with Gasteiger partial charge in [-0.05, 0) is 41.3 Å². The summed E-state index contributed by atoms with van der Waals surface area (Å²) in [4.78, 5) is 41.3. The Kier molecular flexibility index (Phi) is 6.10. The lowest BCUT2D eigenvalue weighted by Gasteiger charge is -2.30. The molecule has 0 bridgehead atoms. The predicted octanol–water partition coefficient (Wildman–Crippen LogP) is 4.57. The molecule has 0 fully saturated rings. The molecule has 0 saturated carbocycles. The van der Waals surface area contributed by atoms with Gasteiger partial charge in [0.2, 0.25) is 11.1 Å². The zero-order valence-corrected chi connectivity index (χ0v) is 20.7. The topological polar surface area (TPSA) is 126 Å². The van der Waals surface area contributed by atoms with Gasteiger partial charge in [-0.3, -0.25) is 24.7 Å². The van der Waals surface area contributed by atoms with Gasteiger partial charge in [-0.25, -0.2) is 4.90 Å². The van der Waals surface area contributed by atoms with Gasteiger partial charge in [0.25, 0.3) is 5.69 Å². The fourth-order valence-electron chi connectivity index (χ4n) is 4.22. The van der Waals surface area contributed by atoms with E-state index >= 15 is 0 Å². The van der Waals surface area contributed by atoms with Gasteiger partial charge in [-0.1, -0.05) is 42.4 Å². The molecule has 182 valence electrons. The number of halogens is 1. The second-order valence-electron chi connectivity index (χ2n) is 7.89. The maximum absolute atomic E-state index is 13.3. The van der Waals surface area contributed by atoms with Crippen LogP contribution in [0.3, 0.4) is 0 Å². The van der Waals surface area contributed by atoms with Crippen LogP contribution in [0.4, 0.5) is 11.4 Å². The third kappa shape index (κ3) is 3.86. The minimum atomic E-state index is -0.888. The summed E-state index contributed by atoms with van der Waals surface area (Å²) in [5.41, 5.74) is 1.39. The van der Waals surface area contributed by atoms with Gasteiger partial charge in [0, 0.05) is 29.2 Å². The number of non-ortho nitro benzene ring substituents is 1. The Labute approximate surface area is 213 Å². The number of carbonyl (C=O) groups is 1. The van der Waals surface area contributed by atoms with E-state index in [2.05, 4.69) is 10.1 Å². The Morgan fingerprint density at radius 1 is 1.25 bits per heavy atom. The van der Waals surface area contributed by atoms with Crippen molar-refractivity contribution in [2.45, 2.75) is 24.7 Å². The van der Waals surface area contributed by atoms with Crippen molar-refractivity contribution >= 4 is 40.6 Å². The monoisotopic (exact) mass is 524 g/mol. The Morgan fingerprint density at radius 2 is 2.03 bits per heavy atom. The van der Waals surface area contributed by atoms with Crippen molar-refractivity contribution in [1.29, 1.82) is 0 Å². The molecule has 0 saturated heterocycles. The number of aromatic amines is 1. The molecular formula is C24H19ClN5O5S+. The highest BCUT2D eigenvalue weighted by atomic mass is 35.5. The number of benzene rings is 2. The summed E-state index contributed by atoms with van der Waals surface area (Å²) in [5, 5.41) is 16.2.